The molecule has 2 heterocycles. The molecule has 1 aromatic carbocycles. The molecule has 0 saturated carbocycles. The highest BCUT2D eigenvalue weighted by Crippen LogP contribution is 2.25. The molecule has 3 aromatic rings. The van der Waals surface area contributed by atoms with Gasteiger partial charge in [0.2, 0.25) is 5.91 Å². The van der Waals surface area contributed by atoms with Gasteiger partial charge in [0.1, 0.15) is 6.33 Å². The van der Waals surface area contributed by atoms with Crippen LogP contribution in [0.3, 0.4) is 0 Å². The number of carbonyl (C=O) groups is 1. The third-order valence-electron chi connectivity index (χ3n) is 3.79. The molecule has 2 aromatic heterocycles. The normalized spacial score (nSPS) is 11.0. The average molecular weight is 364 g/mol. The van der Waals surface area contributed by atoms with Crippen LogP contribution in [0.1, 0.15) is 23.4 Å². The van der Waals surface area contributed by atoms with Crippen molar-refractivity contribution in [2.75, 3.05) is 5.32 Å². The Morgan fingerprint density at radius 2 is 2.04 bits per heavy atom. The molecular formula is C16H15Cl2N5O. The van der Waals surface area contributed by atoms with Gasteiger partial charge in [0.25, 0.3) is 5.78 Å². The minimum Gasteiger partial charge on any atom is -0.326 e. The van der Waals surface area contributed by atoms with Gasteiger partial charge in [-0.15, -0.1) is 0 Å². The molecule has 24 heavy (non-hydrogen) atoms. The van der Waals surface area contributed by atoms with E-state index in [-0.39, 0.29) is 5.91 Å². The second-order valence-corrected chi connectivity index (χ2v) is 6.22. The number of amides is 1. The third-order valence-corrected chi connectivity index (χ3v) is 4.53. The van der Waals surface area contributed by atoms with Crippen LogP contribution in [0, 0.1) is 13.8 Å². The predicted octanol–water partition coefficient (Wildman–Crippen LogP) is 3.62. The van der Waals surface area contributed by atoms with Gasteiger partial charge in [-0.2, -0.15) is 10.1 Å². The number of benzene rings is 1. The smallest absolute Gasteiger partial charge is 0.252 e. The molecule has 6 nitrogen and oxygen atoms in total. The maximum Gasteiger partial charge on any atom is 0.252 e. The van der Waals surface area contributed by atoms with Crippen molar-refractivity contribution in [3.05, 3.63) is 51.5 Å². The number of anilines is 1. The van der Waals surface area contributed by atoms with Gasteiger partial charge in [0.05, 0.1) is 10.0 Å². The molecular weight excluding hydrogens is 349 g/mol. The first-order valence-corrected chi connectivity index (χ1v) is 8.12. The zero-order valence-electron chi connectivity index (χ0n) is 13.2. The molecule has 0 saturated heterocycles. The molecule has 0 fully saturated rings. The monoisotopic (exact) mass is 363 g/mol. The van der Waals surface area contributed by atoms with Crippen molar-refractivity contribution < 1.29 is 4.79 Å². The molecule has 0 atom stereocenters. The number of fused-ring (bicyclic) bond motifs is 1. The number of nitrogens with one attached hydrogen (secondary N) is 1. The van der Waals surface area contributed by atoms with Crippen LogP contribution in [0.5, 0.6) is 0 Å². The fourth-order valence-corrected chi connectivity index (χ4v) is 2.85. The Morgan fingerprint density at radius 1 is 1.25 bits per heavy atom. The van der Waals surface area contributed by atoms with Crippen molar-refractivity contribution in [1.82, 2.24) is 19.6 Å². The summed E-state index contributed by atoms with van der Waals surface area (Å²) in [4.78, 5) is 20.7. The summed E-state index contributed by atoms with van der Waals surface area (Å²) in [6.07, 6.45) is 2.35. The zero-order valence-corrected chi connectivity index (χ0v) is 14.7. The minimum absolute atomic E-state index is 0.106. The van der Waals surface area contributed by atoms with Gasteiger partial charge in [-0.1, -0.05) is 23.2 Å². The molecule has 0 unspecified atom stereocenters. The van der Waals surface area contributed by atoms with E-state index in [1.807, 2.05) is 13.8 Å². The lowest BCUT2D eigenvalue weighted by Crippen LogP contribution is -2.14. The van der Waals surface area contributed by atoms with Crippen molar-refractivity contribution >= 4 is 40.6 Å². The molecule has 0 radical (unpaired) electrons. The van der Waals surface area contributed by atoms with Crippen molar-refractivity contribution in [2.45, 2.75) is 26.7 Å². The van der Waals surface area contributed by atoms with Gasteiger partial charge >= 0.3 is 0 Å². The summed E-state index contributed by atoms with van der Waals surface area (Å²) in [5.41, 5.74) is 3.41. The first kappa shape index (κ1) is 16.7. The van der Waals surface area contributed by atoms with E-state index in [2.05, 4.69) is 20.4 Å². The second kappa shape index (κ2) is 6.75. The van der Waals surface area contributed by atoms with Gasteiger partial charge in [-0.25, -0.2) is 9.50 Å². The highest BCUT2D eigenvalue weighted by molar-refractivity contribution is 6.42. The Morgan fingerprint density at radius 3 is 2.79 bits per heavy atom. The Labute approximate surface area is 148 Å². The van der Waals surface area contributed by atoms with Gasteiger partial charge in [0.15, 0.2) is 0 Å². The first-order chi connectivity index (χ1) is 11.5. The maximum absolute atomic E-state index is 12.2. The minimum atomic E-state index is -0.106. The van der Waals surface area contributed by atoms with Crippen LogP contribution in [0.25, 0.3) is 5.78 Å². The molecule has 1 amide bonds. The number of nitrogens with zero attached hydrogens (tertiary/aromatic N) is 4. The molecule has 0 aliphatic heterocycles. The average Bonchev–Trinajstić information content (AvgIpc) is 2.99. The Kier molecular flexibility index (Phi) is 4.69. The van der Waals surface area contributed by atoms with Crippen LogP contribution < -0.4 is 5.32 Å². The van der Waals surface area contributed by atoms with Crippen LogP contribution in [0.4, 0.5) is 5.69 Å². The summed E-state index contributed by atoms with van der Waals surface area (Å²) in [6, 6.07) is 4.99. The van der Waals surface area contributed by atoms with Crippen LogP contribution in [-0.2, 0) is 11.2 Å². The largest absolute Gasteiger partial charge is 0.326 e. The lowest BCUT2D eigenvalue weighted by atomic mass is 10.1. The fraction of sp³-hybridized carbons (Fsp3) is 0.250. The summed E-state index contributed by atoms with van der Waals surface area (Å²) in [5, 5.41) is 7.82. The van der Waals surface area contributed by atoms with E-state index in [0.717, 1.165) is 17.0 Å². The topological polar surface area (TPSA) is 72.2 Å². The number of rotatable bonds is 4. The lowest BCUT2D eigenvalue weighted by molar-refractivity contribution is -0.116. The van der Waals surface area contributed by atoms with E-state index in [4.69, 9.17) is 23.2 Å². The van der Waals surface area contributed by atoms with Gasteiger partial charge in [0, 0.05) is 23.5 Å². The number of hydrogen-bond donors (Lipinski definition) is 1. The van der Waals surface area contributed by atoms with Crippen molar-refractivity contribution in [1.29, 1.82) is 0 Å². The lowest BCUT2D eigenvalue weighted by Gasteiger charge is -2.11. The highest BCUT2D eigenvalue weighted by atomic mass is 35.5. The number of aromatic nitrogens is 4. The quantitative estimate of drug-likeness (QED) is 0.768. The molecule has 8 heteroatoms. The SMILES string of the molecule is Cc1nc2ncnn2c(C)c1CCC(=O)Nc1ccc(Cl)c(Cl)c1. The predicted molar refractivity (Wildman–Crippen MR) is 93.7 cm³/mol. The fourth-order valence-electron chi connectivity index (χ4n) is 2.55. The molecule has 0 spiro atoms. The van der Waals surface area contributed by atoms with Crippen LogP contribution in [-0.4, -0.2) is 25.5 Å². The molecule has 0 aliphatic carbocycles. The van der Waals surface area contributed by atoms with Gasteiger partial charge in [-0.3, -0.25) is 4.79 Å². The Bertz CT molecular complexity index is 922. The van der Waals surface area contributed by atoms with E-state index in [9.17, 15) is 4.79 Å². The summed E-state index contributed by atoms with van der Waals surface area (Å²) in [5.74, 6) is 0.458. The van der Waals surface area contributed by atoms with Gasteiger partial charge in [-0.05, 0) is 44.0 Å². The molecule has 0 bridgehead atoms. The first-order valence-electron chi connectivity index (χ1n) is 7.36. The van der Waals surface area contributed by atoms with Crippen molar-refractivity contribution in [2.24, 2.45) is 0 Å². The number of halogens is 2. The number of carbonyl (C=O) groups excluding carboxylic acids is 1. The standard InChI is InChI=1S/C16H15Cl2N5O/c1-9-12(10(2)23-16(21-9)19-8-20-23)4-6-15(24)22-11-3-5-13(17)14(18)7-11/h3,5,7-8H,4,6H2,1-2H3,(H,22,24). The second-order valence-electron chi connectivity index (χ2n) is 5.41. The Hall–Kier alpha value is -2.18. The van der Waals surface area contributed by atoms with Crippen LogP contribution >= 0.6 is 23.2 Å². The van der Waals surface area contributed by atoms with E-state index < -0.39 is 0 Å². The van der Waals surface area contributed by atoms with Crippen molar-refractivity contribution in [3.63, 3.8) is 0 Å². The Balaban J connectivity index is 1.71. The molecule has 0 aliphatic rings. The van der Waals surface area contributed by atoms with E-state index >= 15 is 0 Å². The number of hydrogen-bond acceptors (Lipinski definition) is 4. The van der Waals surface area contributed by atoms with Crippen LogP contribution in [0.2, 0.25) is 10.0 Å². The van der Waals surface area contributed by atoms with E-state index in [1.54, 1.807) is 22.7 Å². The zero-order chi connectivity index (χ0) is 17.3. The molecule has 3 rings (SSSR count). The summed E-state index contributed by atoms with van der Waals surface area (Å²) in [7, 11) is 0. The van der Waals surface area contributed by atoms with Crippen molar-refractivity contribution in [3.8, 4) is 0 Å². The van der Waals surface area contributed by atoms with Crippen LogP contribution in [0.15, 0.2) is 24.5 Å². The molecule has 1 N–H and O–H groups in total. The third kappa shape index (κ3) is 3.34. The highest BCUT2D eigenvalue weighted by Gasteiger charge is 2.13. The summed E-state index contributed by atoms with van der Waals surface area (Å²) < 4.78 is 1.68. The maximum atomic E-state index is 12.2. The number of aryl methyl sites for hydroxylation is 2. The van der Waals surface area contributed by atoms with Gasteiger partial charge < -0.3 is 5.32 Å². The summed E-state index contributed by atoms with van der Waals surface area (Å²) in [6.45, 7) is 3.86. The van der Waals surface area contributed by atoms with E-state index in [0.29, 0.717) is 34.4 Å². The summed E-state index contributed by atoms with van der Waals surface area (Å²) >= 11 is 11.8. The molecule has 124 valence electrons. The van der Waals surface area contributed by atoms with E-state index in [1.165, 1.54) is 6.33 Å².